The van der Waals surface area contributed by atoms with Crippen LogP contribution in [0.25, 0.3) is 10.9 Å². The third-order valence-electron chi connectivity index (χ3n) is 6.03. The maximum Gasteiger partial charge on any atom is 0.251 e. The molecule has 0 radical (unpaired) electrons. The van der Waals surface area contributed by atoms with Crippen LogP contribution >= 0.6 is 0 Å². The smallest absolute Gasteiger partial charge is 0.251 e. The normalized spacial score (nSPS) is 14.1. The van der Waals surface area contributed by atoms with Crippen LogP contribution in [0, 0.1) is 0 Å². The molecule has 1 aliphatic carbocycles. The summed E-state index contributed by atoms with van der Waals surface area (Å²) >= 11 is 0. The van der Waals surface area contributed by atoms with Gasteiger partial charge < -0.3 is 20.1 Å². The molecular formula is C27H25N3O5S. The van der Waals surface area contributed by atoms with E-state index in [1.165, 1.54) is 13.2 Å². The van der Waals surface area contributed by atoms with Crippen molar-refractivity contribution in [2.75, 3.05) is 13.4 Å². The van der Waals surface area contributed by atoms with Crippen LogP contribution in [-0.2, 0) is 9.84 Å². The third kappa shape index (κ3) is 4.70. The predicted molar refractivity (Wildman–Crippen MR) is 138 cm³/mol. The molecule has 1 amide bonds. The van der Waals surface area contributed by atoms with Crippen molar-refractivity contribution in [3.8, 4) is 11.6 Å². The number of rotatable bonds is 7. The second-order valence-corrected chi connectivity index (χ2v) is 10.8. The van der Waals surface area contributed by atoms with Crippen molar-refractivity contribution in [2.45, 2.75) is 23.8 Å². The van der Waals surface area contributed by atoms with Gasteiger partial charge in [0.1, 0.15) is 10.6 Å². The molecule has 0 bridgehead atoms. The number of ether oxygens (including phenoxy) is 1. The van der Waals surface area contributed by atoms with Gasteiger partial charge in [-0.15, -0.1) is 0 Å². The molecule has 0 spiro atoms. The molecule has 1 fully saturated rings. The van der Waals surface area contributed by atoms with Crippen molar-refractivity contribution < 1.29 is 23.1 Å². The summed E-state index contributed by atoms with van der Waals surface area (Å²) in [6.45, 7) is 0. The van der Waals surface area contributed by atoms with Gasteiger partial charge in [-0.1, -0.05) is 36.4 Å². The Kier molecular flexibility index (Phi) is 6.01. The molecular weight excluding hydrogens is 478 g/mol. The highest BCUT2D eigenvalue weighted by Gasteiger charge is 2.25. The number of amides is 1. The van der Waals surface area contributed by atoms with Gasteiger partial charge in [-0.2, -0.15) is 0 Å². The van der Waals surface area contributed by atoms with Gasteiger partial charge in [0.15, 0.2) is 15.7 Å². The van der Waals surface area contributed by atoms with E-state index in [0.29, 0.717) is 33.4 Å². The molecule has 0 aliphatic heterocycles. The van der Waals surface area contributed by atoms with Crippen molar-refractivity contribution in [3.63, 3.8) is 0 Å². The monoisotopic (exact) mass is 503 g/mol. The number of methoxy groups -OCH3 is 1. The van der Waals surface area contributed by atoms with Crippen LogP contribution < -0.4 is 10.1 Å². The predicted octanol–water partition coefficient (Wildman–Crippen LogP) is 4.35. The van der Waals surface area contributed by atoms with Gasteiger partial charge in [0.2, 0.25) is 0 Å². The average Bonchev–Trinajstić information content (AvgIpc) is 3.61. The number of carbonyl (C=O) groups excluding carboxylic acids is 1. The SMILES string of the molecule is COc1cc(N=C(c2ccccc2)c2c(O)[nH]c3cc(C(=O)NC4CC4)ccc23)ccc1S(C)(=O)=O. The number of H-pyrrole nitrogens is 1. The number of aliphatic imine (C=N–C) groups is 1. The van der Waals surface area contributed by atoms with Gasteiger partial charge in [0.05, 0.1) is 24.1 Å². The van der Waals surface area contributed by atoms with Gasteiger partial charge >= 0.3 is 0 Å². The number of nitrogens with one attached hydrogen (secondary N) is 2. The maximum atomic E-state index is 12.5. The molecule has 1 aliphatic rings. The van der Waals surface area contributed by atoms with E-state index in [9.17, 15) is 18.3 Å². The van der Waals surface area contributed by atoms with Crippen molar-refractivity contribution in [1.29, 1.82) is 0 Å². The molecule has 3 aromatic carbocycles. The topological polar surface area (TPSA) is 121 Å². The van der Waals surface area contributed by atoms with Crippen molar-refractivity contribution in [2.24, 2.45) is 4.99 Å². The van der Waals surface area contributed by atoms with Gasteiger partial charge in [0, 0.05) is 40.4 Å². The molecule has 1 aromatic heterocycles. The van der Waals surface area contributed by atoms with Crippen molar-refractivity contribution >= 4 is 38.0 Å². The van der Waals surface area contributed by atoms with Crippen LogP contribution in [0.1, 0.15) is 34.3 Å². The van der Waals surface area contributed by atoms with E-state index < -0.39 is 9.84 Å². The first-order valence-electron chi connectivity index (χ1n) is 11.4. The molecule has 5 rings (SSSR count). The lowest BCUT2D eigenvalue weighted by Gasteiger charge is -2.10. The summed E-state index contributed by atoms with van der Waals surface area (Å²) in [6, 6.07) is 19.4. The fourth-order valence-electron chi connectivity index (χ4n) is 4.08. The molecule has 3 N–H and O–H groups in total. The molecule has 0 saturated heterocycles. The highest BCUT2D eigenvalue weighted by Crippen LogP contribution is 2.34. The summed E-state index contributed by atoms with van der Waals surface area (Å²) in [5, 5.41) is 14.6. The molecule has 1 heterocycles. The Morgan fingerprint density at radius 2 is 1.81 bits per heavy atom. The van der Waals surface area contributed by atoms with Gasteiger partial charge in [0.25, 0.3) is 5.91 Å². The van der Waals surface area contributed by atoms with Crippen molar-refractivity contribution in [3.05, 3.63) is 83.4 Å². The summed E-state index contributed by atoms with van der Waals surface area (Å²) in [5.74, 6) is -0.0576. The lowest BCUT2D eigenvalue weighted by molar-refractivity contribution is 0.0951. The molecule has 4 aromatic rings. The van der Waals surface area contributed by atoms with E-state index in [-0.39, 0.29) is 28.5 Å². The average molecular weight is 504 g/mol. The van der Waals surface area contributed by atoms with E-state index in [1.807, 2.05) is 30.3 Å². The highest BCUT2D eigenvalue weighted by molar-refractivity contribution is 7.90. The zero-order valence-corrected chi connectivity index (χ0v) is 20.6. The van der Waals surface area contributed by atoms with Gasteiger partial charge in [-0.05, 0) is 37.1 Å². The number of hydrogen-bond acceptors (Lipinski definition) is 6. The molecule has 8 nitrogen and oxygen atoms in total. The molecule has 36 heavy (non-hydrogen) atoms. The van der Waals surface area contributed by atoms with Crippen LogP contribution in [-0.4, -0.2) is 49.5 Å². The summed E-state index contributed by atoms with van der Waals surface area (Å²) < 4.78 is 29.5. The number of aromatic hydroxyl groups is 1. The lowest BCUT2D eigenvalue weighted by Crippen LogP contribution is -2.25. The Hall–Kier alpha value is -4.11. The third-order valence-corrected chi connectivity index (χ3v) is 7.16. The van der Waals surface area contributed by atoms with Crippen LogP contribution in [0.3, 0.4) is 0 Å². The minimum atomic E-state index is -3.49. The number of nitrogens with zero attached hydrogens (tertiary/aromatic N) is 1. The Balaban J connectivity index is 1.65. The molecule has 9 heteroatoms. The number of sulfone groups is 1. The quantitative estimate of drug-likeness (QED) is 0.324. The number of fused-ring (bicyclic) bond motifs is 1. The van der Waals surface area contributed by atoms with E-state index in [1.54, 1.807) is 30.3 Å². The fraction of sp³-hybridized carbons (Fsp3) is 0.185. The fourth-order valence-corrected chi connectivity index (χ4v) is 4.91. The number of aromatic amines is 1. The van der Waals surface area contributed by atoms with E-state index in [4.69, 9.17) is 9.73 Å². The molecule has 1 saturated carbocycles. The lowest BCUT2D eigenvalue weighted by atomic mass is 10.00. The largest absolute Gasteiger partial charge is 0.495 e. The minimum Gasteiger partial charge on any atom is -0.495 e. The van der Waals surface area contributed by atoms with Crippen LogP contribution in [0.5, 0.6) is 11.6 Å². The first-order valence-corrected chi connectivity index (χ1v) is 13.3. The Morgan fingerprint density at radius 3 is 2.47 bits per heavy atom. The minimum absolute atomic E-state index is 0.0668. The first kappa shape index (κ1) is 23.6. The zero-order chi connectivity index (χ0) is 25.4. The van der Waals surface area contributed by atoms with Gasteiger partial charge in [-0.3, -0.25) is 4.79 Å². The van der Waals surface area contributed by atoms with E-state index >= 15 is 0 Å². The molecule has 0 atom stereocenters. The second kappa shape index (κ2) is 9.16. The summed E-state index contributed by atoms with van der Waals surface area (Å²) in [4.78, 5) is 20.4. The van der Waals surface area contributed by atoms with Gasteiger partial charge in [-0.25, -0.2) is 13.4 Å². The second-order valence-electron chi connectivity index (χ2n) is 8.79. The van der Waals surface area contributed by atoms with E-state index in [0.717, 1.165) is 24.7 Å². The summed E-state index contributed by atoms with van der Waals surface area (Å²) in [7, 11) is -2.09. The Morgan fingerprint density at radius 1 is 1.06 bits per heavy atom. The zero-order valence-electron chi connectivity index (χ0n) is 19.8. The van der Waals surface area contributed by atoms with Crippen molar-refractivity contribution in [1.82, 2.24) is 10.3 Å². The Bertz CT molecular complexity index is 1600. The summed E-state index contributed by atoms with van der Waals surface area (Å²) in [6.07, 6.45) is 3.11. The van der Waals surface area contributed by atoms with Crippen LogP contribution in [0.15, 0.2) is 76.6 Å². The first-order chi connectivity index (χ1) is 17.2. The molecule has 0 unspecified atom stereocenters. The number of aromatic nitrogens is 1. The highest BCUT2D eigenvalue weighted by atomic mass is 32.2. The number of benzene rings is 3. The Labute approximate surface area is 208 Å². The van der Waals surface area contributed by atoms with Crippen LogP contribution in [0.4, 0.5) is 5.69 Å². The van der Waals surface area contributed by atoms with E-state index in [2.05, 4.69) is 10.3 Å². The maximum absolute atomic E-state index is 12.5. The number of carbonyl (C=O) groups is 1. The molecule has 184 valence electrons. The van der Waals surface area contributed by atoms with Crippen LogP contribution in [0.2, 0.25) is 0 Å². The number of hydrogen-bond donors (Lipinski definition) is 3. The standard InChI is InChI=1S/C27H25N3O5S/c1-35-22-15-19(11-13-23(22)36(2,33)34)28-25(16-6-4-3-5-7-16)24-20-12-8-17(14-21(20)30-27(24)32)26(31)29-18-9-10-18/h3-8,11-15,18,30,32H,9-10H2,1-2H3,(H,29,31). The summed E-state index contributed by atoms with van der Waals surface area (Å²) in [5.41, 5.74) is 3.24.